The van der Waals surface area contributed by atoms with Gasteiger partial charge < -0.3 is 4.57 Å². The van der Waals surface area contributed by atoms with Gasteiger partial charge in [-0.15, -0.1) is 11.3 Å². The molecule has 2 aromatic heterocycles. The summed E-state index contributed by atoms with van der Waals surface area (Å²) in [5.74, 6) is 0. The molecule has 2 aromatic rings. The van der Waals surface area contributed by atoms with Crippen LogP contribution in [0, 0.1) is 11.3 Å². The largest absolute Gasteiger partial charge is 0.307 e. The van der Waals surface area contributed by atoms with Crippen molar-refractivity contribution in [2.75, 3.05) is 0 Å². The molecule has 0 fully saturated rings. The first-order valence-corrected chi connectivity index (χ1v) is 6.29. The van der Waals surface area contributed by atoms with Crippen molar-refractivity contribution in [1.29, 1.82) is 5.26 Å². The summed E-state index contributed by atoms with van der Waals surface area (Å²) in [6, 6.07) is 9.66. The van der Waals surface area contributed by atoms with Crippen molar-refractivity contribution in [1.82, 2.24) is 4.57 Å². The van der Waals surface area contributed by atoms with Crippen molar-refractivity contribution in [3.63, 3.8) is 0 Å². The zero-order valence-electron chi connectivity index (χ0n) is 9.51. The van der Waals surface area contributed by atoms with E-state index in [1.165, 1.54) is 0 Å². The molecule has 0 amide bonds. The van der Waals surface area contributed by atoms with Gasteiger partial charge in [-0.25, -0.2) is 0 Å². The third-order valence-electron chi connectivity index (χ3n) is 2.61. The second kappa shape index (κ2) is 4.98. The van der Waals surface area contributed by atoms with E-state index in [1.807, 2.05) is 36.6 Å². The van der Waals surface area contributed by atoms with Crippen molar-refractivity contribution in [3.8, 4) is 16.6 Å². The van der Waals surface area contributed by atoms with E-state index in [-0.39, 0.29) is 12.0 Å². The second-order valence-electron chi connectivity index (χ2n) is 3.61. The Bertz CT molecular complexity index is 605. The van der Waals surface area contributed by atoms with Crippen molar-refractivity contribution < 1.29 is 0 Å². The number of nitriles is 1. The summed E-state index contributed by atoms with van der Waals surface area (Å²) in [4.78, 5) is 13.2. The number of nitrogens with zero attached hydrogens (tertiary/aromatic N) is 2. The summed E-state index contributed by atoms with van der Waals surface area (Å²) < 4.78 is 1.72. The lowest BCUT2D eigenvalue weighted by Gasteiger charge is -2.10. The van der Waals surface area contributed by atoms with Gasteiger partial charge in [0.2, 0.25) is 0 Å². The van der Waals surface area contributed by atoms with Crippen molar-refractivity contribution >= 4 is 11.3 Å². The van der Waals surface area contributed by atoms with E-state index < -0.39 is 0 Å². The molecule has 17 heavy (non-hydrogen) atoms. The van der Waals surface area contributed by atoms with Gasteiger partial charge in [-0.1, -0.05) is 12.1 Å². The van der Waals surface area contributed by atoms with Crippen LogP contribution in [0.3, 0.4) is 0 Å². The molecule has 0 unspecified atom stereocenters. The fraction of sp³-hybridized carbons (Fsp3) is 0.231. The molecule has 0 saturated heterocycles. The van der Waals surface area contributed by atoms with Crippen LogP contribution in [0.4, 0.5) is 0 Å². The number of rotatable bonds is 3. The second-order valence-corrected chi connectivity index (χ2v) is 4.55. The number of hydrogen-bond donors (Lipinski definition) is 0. The third-order valence-corrected chi connectivity index (χ3v) is 3.50. The number of pyridine rings is 1. The van der Waals surface area contributed by atoms with Gasteiger partial charge in [0.1, 0.15) is 0 Å². The molecule has 0 aliphatic heterocycles. The van der Waals surface area contributed by atoms with Crippen LogP contribution >= 0.6 is 11.3 Å². The molecule has 0 aromatic carbocycles. The lowest BCUT2D eigenvalue weighted by Crippen LogP contribution is -2.23. The Morgan fingerprint density at radius 3 is 2.82 bits per heavy atom. The fourth-order valence-electron chi connectivity index (χ4n) is 1.80. The predicted molar refractivity (Wildman–Crippen MR) is 69.0 cm³/mol. The van der Waals surface area contributed by atoms with Crippen LogP contribution in [0.2, 0.25) is 0 Å². The smallest absolute Gasteiger partial charge is 0.255 e. The van der Waals surface area contributed by atoms with E-state index in [0.717, 1.165) is 10.6 Å². The monoisotopic (exact) mass is 244 g/mol. The van der Waals surface area contributed by atoms with E-state index in [0.29, 0.717) is 12.1 Å². The Morgan fingerprint density at radius 1 is 1.41 bits per heavy atom. The summed E-state index contributed by atoms with van der Waals surface area (Å²) >= 11 is 1.61. The Labute approximate surface area is 104 Å². The summed E-state index contributed by atoms with van der Waals surface area (Å²) in [5.41, 5.74) is 1.43. The molecule has 0 atom stereocenters. The zero-order valence-corrected chi connectivity index (χ0v) is 10.3. The Balaban J connectivity index is 2.61. The number of hydrogen-bond acceptors (Lipinski definition) is 3. The molecule has 0 aliphatic rings. The molecule has 2 rings (SSSR count). The van der Waals surface area contributed by atoms with Gasteiger partial charge in [-0.2, -0.15) is 5.26 Å². The fourth-order valence-corrected chi connectivity index (χ4v) is 2.56. The molecule has 0 radical (unpaired) electrons. The number of thiophene rings is 1. The molecule has 3 nitrogen and oxygen atoms in total. The summed E-state index contributed by atoms with van der Waals surface area (Å²) in [7, 11) is 0. The minimum Gasteiger partial charge on any atom is -0.307 e. The molecule has 0 aliphatic carbocycles. The van der Waals surface area contributed by atoms with Crippen LogP contribution in [0.25, 0.3) is 10.6 Å². The van der Waals surface area contributed by atoms with Gasteiger partial charge in [0.25, 0.3) is 5.56 Å². The number of aromatic nitrogens is 1. The highest BCUT2D eigenvalue weighted by Gasteiger charge is 2.09. The van der Waals surface area contributed by atoms with Crippen LogP contribution in [-0.2, 0) is 13.0 Å². The molecule has 0 bridgehead atoms. The average molecular weight is 244 g/mol. The lowest BCUT2D eigenvalue weighted by molar-refractivity contribution is 0.728. The first-order valence-electron chi connectivity index (χ1n) is 5.41. The van der Waals surface area contributed by atoms with Crippen LogP contribution in [-0.4, -0.2) is 4.57 Å². The van der Waals surface area contributed by atoms with E-state index in [2.05, 4.69) is 0 Å². The molecule has 4 heteroatoms. The normalized spacial score (nSPS) is 10.1. The summed E-state index contributed by atoms with van der Waals surface area (Å²) in [6.07, 6.45) is 0.170. The van der Waals surface area contributed by atoms with Crippen molar-refractivity contribution in [2.24, 2.45) is 0 Å². The maximum atomic E-state index is 12.1. The van der Waals surface area contributed by atoms with Crippen molar-refractivity contribution in [2.45, 2.75) is 19.9 Å². The quantitative estimate of drug-likeness (QED) is 0.833. The van der Waals surface area contributed by atoms with Crippen LogP contribution < -0.4 is 5.56 Å². The van der Waals surface area contributed by atoms with Gasteiger partial charge in [-0.3, -0.25) is 4.79 Å². The van der Waals surface area contributed by atoms with Gasteiger partial charge in [0.05, 0.1) is 23.1 Å². The molecule has 2 heterocycles. The first-order chi connectivity index (χ1) is 8.27. The first kappa shape index (κ1) is 11.6. The van der Waals surface area contributed by atoms with Crippen molar-refractivity contribution in [3.05, 3.63) is 45.6 Å². The van der Waals surface area contributed by atoms with Gasteiger partial charge in [0, 0.05) is 12.1 Å². The lowest BCUT2D eigenvalue weighted by atomic mass is 10.2. The molecule has 0 N–H and O–H groups in total. The van der Waals surface area contributed by atoms with Crippen LogP contribution in [0.5, 0.6) is 0 Å². The standard InChI is InChI=1S/C13H12N2OS/c1-2-15-11(12-4-3-9-17-12)6-5-10(7-8-14)13(15)16/h3-6,9H,2,7H2,1H3. The van der Waals surface area contributed by atoms with Gasteiger partial charge in [-0.05, 0) is 24.4 Å². The molecule has 0 saturated carbocycles. The predicted octanol–water partition coefficient (Wildman–Crippen LogP) is 2.66. The SMILES string of the molecule is CCn1c(-c2cccs2)ccc(CC#N)c1=O. The zero-order chi connectivity index (χ0) is 12.3. The summed E-state index contributed by atoms with van der Waals surface area (Å²) in [6.45, 7) is 2.56. The average Bonchev–Trinajstić information content (AvgIpc) is 2.85. The minimum atomic E-state index is -0.0556. The van der Waals surface area contributed by atoms with E-state index in [4.69, 9.17) is 5.26 Å². The molecular formula is C13H12N2OS. The van der Waals surface area contributed by atoms with E-state index >= 15 is 0 Å². The Morgan fingerprint density at radius 2 is 2.24 bits per heavy atom. The van der Waals surface area contributed by atoms with E-state index in [9.17, 15) is 4.79 Å². The molecular weight excluding hydrogens is 232 g/mol. The topological polar surface area (TPSA) is 45.8 Å². The maximum Gasteiger partial charge on any atom is 0.255 e. The summed E-state index contributed by atoms with van der Waals surface area (Å²) in [5, 5.41) is 10.7. The maximum absolute atomic E-state index is 12.1. The highest BCUT2D eigenvalue weighted by atomic mass is 32.1. The molecule has 0 spiro atoms. The van der Waals surface area contributed by atoms with E-state index in [1.54, 1.807) is 22.0 Å². The minimum absolute atomic E-state index is 0.0556. The third kappa shape index (κ3) is 2.15. The van der Waals surface area contributed by atoms with Gasteiger partial charge >= 0.3 is 0 Å². The van der Waals surface area contributed by atoms with Crippen LogP contribution in [0.15, 0.2) is 34.4 Å². The highest BCUT2D eigenvalue weighted by molar-refractivity contribution is 7.13. The Hall–Kier alpha value is -1.86. The van der Waals surface area contributed by atoms with Gasteiger partial charge in [0.15, 0.2) is 0 Å². The van der Waals surface area contributed by atoms with Crippen LogP contribution in [0.1, 0.15) is 12.5 Å². The Kier molecular flexibility index (Phi) is 3.40. The molecule has 86 valence electrons. The highest BCUT2D eigenvalue weighted by Crippen LogP contribution is 2.23.